The highest BCUT2D eigenvalue weighted by molar-refractivity contribution is 6.03. The Morgan fingerprint density at radius 2 is 1.93 bits per heavy atom. The average molecular weight is 399 g/mol. The molecule has 150 valence electrons. The SMILES string of the molecule is O=Cc1cccc(CNc2cccc3c2CN(CC(=O)NC(=O)CO)C3=O)c1F. The molecule has 9 heteroatoms. The lowest BCUT2D eigenvalue weighted by Crippen LogP contribution is -2.41. The summed E-state index contributed by atoms with van der Waals surface area (Å²) in [5.74, 6) is -2.52. The van der Waals surface area contributed by atoms with E-state index in [1.807, 2.05) is 5.32 Å². The number of rotatable bonds is 7. The molecule has 3 N–H and O–H groups in total. The van der Waals surface area contributed by atoms with Crippen molar-refractivity contribution in [3.05, 3.63) is 64.5 Å². The first-order chi connectivity index (χ1) is 13.9. The monoisotopic (exact) mass is 399 g/mol. The highest BCUT2D eigenvalue weighted by atomic mass is 19.1. The number of amides is 3. The van der Waals surface area contributed by atoms with Crippen molar-refractivity contribution in [2.24, 2.45) is 0 Å². The molecule has 8 nitrogen and oxygen atoms in total. The third-order valence-electron chi connectivity index (χ3n) is 4.50. The van der Waals surface area contributed by atoms with Crippen LogP contribution in [0.2, 0.25) is 0 Å². The summed E-state index contributed by atoms with van der Waals surface area (Å²) in [6, 6.07) is 9.53. The lowest BCUT2D eigenvalue weighted by molar-refractivity contribution is -0.132. The fourth-order valence-electron chi connectivity index (χ4n) is 3.11. The van der Waals surface area contributed by atoms with E-state index in [4.69, 9.17) is 5.11 Å². The maximum Gasteiger partial charge on any atom is 0.255 e. The minimum absolute atomic E-state index is 0.0348. The Morgan fingerprint density at radius 3 is 2.66 bits per heavy atom. The number of nitrogens with zero attached hydrogens (tertiary/aromatic N) is 1. The van der Waals surface area contributed by atoms with Gasteiger partial charge in [-0.1, -0.05) is 18.2 Å². The van der Waals surface area contributed by atoms with Crippen molar-refractivity contribution in [2.75, 3.05) is 18.5 Å². The molecular weight excluding hydrogens is 381 g/mol. The molecule has 0 fully saturated rings. The molecule has 0 radical (unpaired) electrons. The van der Waals surface area contributed by atoms with Gasteiger partial charge >= 0.3 is 0 Å². The highest BCUT2D eigenvalue weighted by Gasteiger charge is 2.30. The van der Waals surface area contributed by atoms with Gasteiger partial charge in [0.1, 0.15) is 19.0 Å². The number of hydrogen-bond acceptors (Lipinski definition) is 6. The van der Waals surface area contributed by atoms with Gasteiger partial charge in [0.2, 0.25) is 5.91 Å². The van der Waals surface area contributed by atoms with Gasteiger partial charge in [0.05, 0.1) is 5.56 Å². The van der Waals surface area contributed by atoms with E-state index >= 15 is 0 Å². The van der Waals surface area contributed by atoms with Gasteiger partial charge in [-0.2, -0.15) is 0 Å². The second-order valence-corrected chi connectivity index (χ2v) is 6.41. The third kappa shape index (κ3) is 4.30. The van der Waals surface area contributed by atoms with Gasteiger partial charge in [0.25, 0.3) is 11.8 Å². The molecule has 0 unspecified atom stereocenters. The van der Waals surface area contributed by atoms with Crippen LogP contribution in [-0.4, -0.2) is 47.2 Å². The van der Waals surface area contributed by atoms with Crippen molar-refractivity contribution < 1.29 is 28.7 Å². The van der Waals surface area contributed by atoms with Crippen LogP contribution in [0.3, 0.4) is 0 Å². The normalized spacial score (nSPS) is 12.5. The number of aliphatic hydroxyl groups is 1. The molecule has 1 aliphatic rings. The molecule has 0 atom stereocenters. The molecule has 0 aromatic heterocycles. The van der Waals surface area contributed by atoms with E-state index in [-0.39, 0.29) is 31.1 Å². The quantitative estimate of drug-likeness (QED) is 0.595. The molecule has 0 saturated carbocycles. The zero-order valence-corrected chi connectivity index (χ0v) is 15.3. The number of aliphatic hydroxyl groups excluding tert-OH is 1. The van der Waals surface area contributed by atoms with Gasteiger partial charge in [-0.25, -0.2) is 4.39 Å². The van der Waals surface area contributed by atoms with Gasteiger partial charge in [0, 0.05) is 35.5 Å². The summed E-state index contributed by atoms with van der Waals surface area (Å²) in [6.07, 6.45) is 0.447. The highest BCUT2D eigenvalue weighted by Crippen LogP contribution is 2.29. The van der Waals surface area contributed by atoms with Crippen molar-refractivity contribution in [3.63, 3.8) is 0 Å². The first kappa shape index (κ1) is 20.2. The van der Waals surface area contributed by atoms with E-state index < -0.39 is 24.2 Å². The molecule has 2 aromatic carbocycles. The molecule has 1 aliphatic heterocycles. The van der Waals surface area contributed by atoms with Crippen molar-refractivity contribution in [1.29, 1.82) is 0 Å². The Bertz CT molecular complexity index is 992. The number of imide groups is 1. The molecule has 0 bridgehead atoms. The number of halogens is 1. The standard InChI is InChI=1S/C20H18FN3O5/c21-19-12(3-1-4-13(19)10-25)7-22-16-6-2-5-14-15(16)8-24(20(14)29)9-17(27)23-18(28)11-26/h1-6,10,22,26H,7-9,11H2,(H,23,27,28). The van der Waals surface area contributed by atoms with Crippen molar-refractivity contribution in [2.45, 2.75) is 13.1 Å². The van der Waals surface area contributed by atoms with Gasteiger partial charge in [-0.15, -0.1) is 0 Å². The first-order valence-electron chi connectivity index (χ1n) is 8.75. The summed E-state index contributed by atoms with van der Waals surface area (Å²) < 4.78 is 14.2. The summed E-state index contributed by atoms with van der Waals surface area (Å²) in [5.41, 5.74) is 1.91. The third-order valence-corrected chi connectivity index (χ3v) is 4.50. The lowest BCUT2D eigenvalue weighted by Gasteiger charge is -2.15. The number of benzene rings is 2. The zero-order valence-electron chi connectivity index (χ0n) is 15.3. The molecule has 0 aliphatic carbocycles. The van der Waals surface area contributed by atoms with Gasteiger partial charge in [-0.3, -0.25) is 24.5 Å². The van der Waals surface area contributed by atoms with Crippen molar-refractivity contribution >= 4 is 29.7 Å². The van der Waals surface area contributed by atoms with E-state index in [9.17, 15) is 23.6 Å². The van der Waals surface area contributed by atoms with Crippen LogP contribution in [0, 0.1) is 5.82 Å². The van der Waals surface area contributed by atoms with E-state index in [2.05, 4.69) is 5.32 Å². The minimum atomic E-state index is -0.846. The number of fused-ring (bicyclic) bond motifs is 1. The van der Waals surface area contributed by atoms with E-state index in [1.165, 1.54) is 11.0 Å². The van der Waals surface area contributed by atoms with Gasteiger partial charge < -0.3 is 15.3 Å². The number of carbonyl (C=O) groups excluding carboxylic acids is 4. The van der Waals surface area contributed by atoms with Crippen LogP contribution >= 0.6 is 0 Å². The number of carbonyl (C=O) groups is 4. The largest absolute Gasteiger partial charge is 0.387 e. The maximum atomic E-state index is 14.2. The Balaban J connectivity index is 1.73. The Hall–Kier alpha value is -3.59. The number of nitrogens with one attached hydrogen (secondary N) is 2. The lowest BCUT2D eigenvalue weighted by atomic mass is 10.1. The average Bonchev–Trinajstić information content (AvgIpc) is 3.03. The molecule has 3 amide bonds. The minimum Gasteiger partial charge on any atom is -0.387 e. The predicted octanol–water partition coefficient (Wildman–Crippen LogP) is 0.841. The number of aldehydes is 1. The fraction of sp³-hybridized carbons (Fsp3) is 0.200. The molecule has 0 saturated heterocycles. The van der Waals surface area contributed by atoms with Gasteiger partial charge in [-0.05, 0) is 18.2 Å². The zero-order chi connectivity index (χ0) is 21.0. The van der Waals surface area contributed by atoms with Crippen LogP contribution in [0.5, 0.6) is 0 Å². The number of anilines is 1. The topological polar surface area (TPSA) is 116 Å². The molecule has 2 aromatic rings. The predicted molar refractivity (Wildman–Crippen MR) is 101 cm³/mol. The summed E-state index contributed by atoms with van der Waals surface area (Å²) >= 11 is 0. The van der Waals surface area contributed by atoms with E-state index in [1.54, 1.807) is 30.3 Å². The van der Waals surface area contributed by atoms with Crippen LogP contribution in [0.25, 0.3) is 0 Å². The van der Waals surface area contributed by atoms with Crippen LogP contribution in [0.1, 0.15) is 31.8 Å². The van der Waals surface area contributed by atoms with Crippen molar-refractivity contribution in [1.82, 2.24) is 10.2 Å². The summed E-state index contributed by atoms with van der Waals surface area (Å²) in [7, 11) is 0. The second-order valence-electron chi connectivity index (χ2n) is 6.41. The van der Waals surface area contributed by atoms with Gasteiger partial charge in [0.15, 0.2) is 6.29 Å². The Kier molecular flexibility index (Phi) is 5.99. The van der Waals surface area contributed by atoms with Crippen LogP contribution < -0.4 is 10.6 Å². The molecular formula is C20H18FN3O5. The van der Waals surface area contributed by atoms with Crippen molar-refractivity contribution in [3.8, 4) is 0 Å². The number of hydrogen-bond donors (Lipinski definition) is 3. The summed E-state index contributed by atoms with van der Waals surface area (Å²) in [5, 5.41) is 13.7. The van der Waals surface area contributed by atoms with Crippen LogP contribution in [-0.2, 0) is 22.7 Å². The first-order valence-corrected chi connectivity index (χ1v) is 8.75. The van der Waals surface area contributed by atoms with Crippen LogP contribution in [0.4, 0.5) is 10.1 Å². The molecule has 29 heavy (non-hydrogen) atoms. The summed E-state index contributed by atoms with van der Waals surface area (Å²) in [4.78, 5) is 47.6. The smallest absolute Gasteiger partial charge is 0.255 e. The Morgan fingerprint density at radius 1 is 1.17 bits per heavy atom. The molecule has 1 heterocycles. The fourth-order valence-corrected chi connectivity index (χ4v) is 3.11. The molecule has 0 spiro atoms. The maximum absolute atomic E-state index is 14.2. The Labute approximate surface area is 165 Å². The van der Waals surface area contributed by atoms with Crippen LogP contribution in [0.15, 0.2) is 36.4 Å². The van der Waals surface area contributed by atoms with E-state index in [0.717, 1.165) is 0 Å². The van der Waals surface area contributed by atoms with E-state index in [0.29, 0.717) is 28.7 Å². The summed E-state index contributed by atoms with van der Waals surface area (Å²) in [6.45, 7) is -0.927. The molecule has 3 rings (SSSR count). The second kappa shape index (κ2) is 8.61.